The molecule has 1 aromatic carbocycles. The number of piperidine rings is 1. The molecule has 152 valence electrons. The molecule has 28 heavy (non-hydrogen) atoms. The molecule has 2 saturated heterocycles. The molecule has 0 unspecified atom stereocenters. The van der Waals surface area contributed by atoms with E-state index in [0.29, 0.717) is 26.3 Å². The van der Waals surface area contributed by atoms with Gasteiger partial charge in [-0.05, 0) is 65.4 Å². The quantitative estimate of drug-likeness (QED) is 0.643. The number of carbonyl (C=O) groups excluding carboxylic acids is 1. The number of rotatable bonds is 5. The Balaban J connectivity index is 1.29. The van der Waals surface area contributed by atoms with Gasteiger partial charge < -0.3 is 19.3 Å². The molecule has 3 aliphatic rings. The Labute approximate surface area is 175 Å². The van der Waals surface area contributed by atoms with Gasteiger partial charge in [0.25, 0.3) is 0 Å². The van der Waals surface area contributed by atoms with Crippen molar-refractivity contribution in [2.45, 2.75) is 44.2 Å². The monoisotopic (exact) mass is 448 g/mol. The highest BCUT2D eigenvalue weighted by atomic mass is 79.9. The van der Waals surface area contributed by atoms with Gasteiger partial charge >= 0.3 is 0 Å². The van der Waals surface area contributed by atoms with Crippen LogP contribution in [-0.4, -0.2) is 67.2 Å². The minimum Gasteiger partial charge on any atom is -0.489 e. The molecule has 2 heterocycles. The van der Waals surface area contributed by atoms with Crippen LogP contribution in [0.1, 0.15) is 37.7 Å². The number of hydrogen-bond donors (Lipinski definition) is 0. The summed E-state index contributed by atoms with van der Waals surface area (Å²) in [6.45, 7) is 4.88. The average Bonchev–Trinajstić information content (AvgIpc) is 2.69. The van der Waals surface area contributed by atoms with Crippen molar-refractivity contribution in [2.24, 2.45) is 0 Å². The van der Waals surface area contributed by atoms with E-state index in [1.165, 1.54) is 19.3 Å². The fourth-order valence-electron chi connectivity index (χ4n) is 4.06. The maximum Gasteiger partial charge on any atom is 0.246 e. The lowest BCUT2D eigenvalue weighted by Gasteiger charge is -2.41. The summed E-state index contributed by atoms with van der Waals surface area (Å²) < 4.78 is 12.5. The average molecular weight is 449 g/mol. The number of hydrogen-bond acceptors (Lipinski definition) is 4. The third-order valence-electron chi connectivity index (χ3n) is 6.06. The highest BCUT2D eigenvalue weighted by Gasteiger charge is 2.29. The summed E-state index contributed by atoms with van der Waals surface area (Å²) in [6, 6.07) is 6.86. The molecular formula is C22H29BrN2O3. The molecule has 4 rings (SSSR count). The summed E-state index contributed by atoms with van der Waals surface area (Å²) in [7, 11) is 0. The van der Waals surface area contributed by atoms with E-state index < -0.39 is 0 Å². The third-order valence-corrected chi connectivity index (χ3v) is 6.68. The Kier molecular flexibility index (Phi) is 6.70. The smallest absolute Gasteiger partial charge is 0.246 e. The van der Waals surface area contributed by atoms with Crippen LogP contribution in [0.4, 0.5) is 0 Å². The van der Waals surface area contributed by atoms with Crippen LogP contribution in [0.25, 0.3) is 6.08 Å². The predicted octanol–water partition coefficient (Wildman–Crippen LogP) is 3.72. The second-order valence-corrected chi connectivity index (χ2v) is 8.75. The molecule has 0 spiro atoms. The third kappa shape index (κ3) is 4.97. The van der Waals surface area contributed by atoms with Gasteiger partial charge in [0.05, 0.1) is 17.7 Å². The molecule has 2 aliphatic heterocycles. The van der Waals surface area contributed by atoms with Crippen molar-refractivity contribution in [3.8, 4) is 5.75 Å². The van der Waals surface area contributed by atoms with Gasteiger partial charge in [0, 0.05) is 38.3 Å². The summed E-state index contributed by atoms with van der Waals surface area (Å²) in [5.74, 6) is 0.928. The van der Waals surface area contributed by atoms with Crippen LogP contribution in [0.2, 0.25) is 0 Å². The molecule has 1 saturated carbocycles. The topological polar surface area (TPSA) is 42.0 Å². The Hall–Kier alpha value is -1.37. The molecule has 0 aromatic heterocycles. The molecule has 6 heteroatoms. The zero-order chi connectivity index (χ0) is 19.3. The van der Waals surface area contributed by atoms with Gasteiger partial charge in [-0.3, -0.25) is 4.79 Å². The van der Waals surface area contributed by atoms with Gasteiger partial charge in [0.1, 0.15) is 11.9 Å². The van der Waals surface area contributed by atoms with Gasteiger partial charge in [-0.15, -0.1) is 0 Å². The molecular weight excluding hydrogens is 420 g/mol. The number of halogens is 1. The first-order valence-electron chi connectivity index (χ1n) is 10.4. The van der Waals surface area contributed by atoms with Gasteiger partial charge in [-0.25, -0.2) is 0 Å². The van der Waals surface area contributed by atoms with E-state index in [-0.39, 0.29) is 12.0 Å². The first-order valence-corrected chi connectivity index (χ1v) is 11.2. The van der Waals surface area contributed by atoms with E-state index in [9.17, 15) is 4.79 Å². The second kappa shape index (κ2) is 9.42. The number of amides is 1. The number of likely N-dealkylation sites (tertiary alicyclic amines) is 1. The van der Waals surface area contributed by atoms with Crippen LogP contribution in [0.3, 0.4) is 0 Å². The van der Waals surface area contributed by atoms with E-state index in [1.807, 2.05) is 29.2 Å². The Morgan fingerprint density at radius 1 is 1.11 bits per heavy atom. The number of carbonyl (C=O) groups is 1. The van der Waals surface area contributed by atoms with Crippen molar-refractivity contribution >= 4 is 27.9 Å². The van der Waals surface area contributed by atoms with Gasteiger partial charge in [-0.2, -0.15) is 0 Å². The maximum atomic E-state index is 12.2. The fourth-order valence-corrected chi connectivity index (χ4v) is 4.55. The summed E-state index contributed by atoms with van der Waals surface area (Å²) in [5, 5.41) is 0. The van der Waals surface area contributed by atoms with Crippen LogP contribution in [0.5, 0.6) is 5.75 Å². The molecule has 0 atom stereocenters. The number of benzene rings is 1. The Morgan fingerprint density at radius 2 is 1.86 bits per heavy atom. The highest BCUT2D eigenvalue weighted by Crippen LogP contribution is 2.31. The molecule has 0 radical (unpaired) electrons. The van der Waals surface area contributed by atoms with Crippen LogP contribution in [-0.2, 0) is 9.53 Å². The molecule has 0 N–H and O–H groups in total. The van der Waals surface area contributed by atoms with Crippen LogP contribution >= 0.6 is 15.9 Å². The summed E-state index contributed by atoms with van der Waals surface area (Å²) in [5.41, 5.74) is 0.987. The van der Waals surface area contributed by atoms with Crippen molar-refractivity contribution < 1.29 is 14.3 Å². The van der Waals surface area contributed by atoms with Crippen molar-refractivity contribution in [1.82, 2.24) is 9.80 Å². The first kappa shape index (κ1) is 19.9. The zero-order valence-electron chi connectivity index (χ0n) is 16.3. The number of morpholine rings is 1. The van der Waals surface area contributed by atoms with Crippen LogP contribution in [0, 0.1) is 0 Å². The molecule has 3 fully saturated rings. The van der Waals surface area contributed by atoms with E-state index in [4.69, 9.17) is 9.47 Å². The minimum atomic E-state index is 0.0398. The van der Waals surface area contributed by atoms with Gasteiger partial charge in [0.15, 0.2) is 0 Å². The van der Waals surface area contributed by atoms with E-state index in [0.717, 1.165) is 47.8 Å². The SMILES string of the molecule is O=C(C=Cc1ccc(OC2CCN(C3CCC3)CC2)c(Br)c1)N1CCOCC1. The molecule has 0 bridgehead atoms. The normalized spacial score (nSPS) is 22.4. The van der Waals surface area contributed by atoms with Crippen LogP contribution < -0.4 is 4.74 Å². The summed E-state index contributed by atoms with van der Waals surface area (Å²) in [4.78, 5) is 16.7. The predicted molar refractivity (Wildman–Crippen MR) is 113 cm³/mol. The number of nitrogens with zero attached hydrogens (tertiary/aromatic N) is 2. The first-order chi connectivity index (χ1) is 13.7. The summed E-state index contributed by atoms with van der Waals surface area (Å²) in [6.07, 6.45) is 10.1. The lowest BCUT2D eigenvalue weighted by atomic mass is 9.90. The van der Waals surface area contributed by atoms with Crippen LogP contribution in [0.15, 0.2) is 28.7 Å². The Bertz CT molecular complexity index is 706. The fraction of sp³-hybridized carbons (Fsp3) is 0.591. The standard InChI is InChI=1S/C22H29BrN2O3/c23-20-16-17(5-7-22(26)25-12-14-27-15-13-25)4-6-21(20)28-19-8-10-24(11-9-19)18-2-1-3-18/h4-7,16,18-19H,1-3,8-15H2. The van der Waals surface area contributed by atoms with E-state index in [1.54, 1.807) is 6.08 Å². The molecule has 1 amide bonds. The van der Waals surface area contributed by atoms with E-state index in [2.05, 4.69) is 20.8 Å². The van der Waals surface area contributed by atoms with E-state index >= 15 is 0 Å². The van der Waals surface area contributed by atoms with Crippen molar-refractivity contribution in [3.63, 3.8) is 0 Å². The lowest BCUT2D eigenvalue weighted by molar-refractivity contribution is -0.129. The molecule has 1 aliphatic carbocycles. The maximum absolute atomic E-state index is 12.2. The lowest BCUT2D eigenvalue weighted by Crippen LogP contribution is -2.46. The summed E-state index contributed by atoms with van der Waals surface area (Å²) >= 11 is 3.63. The van der Waals surface area contributed by atoms with Gasteiger partial charge in [-0.1, -0.05) is 12.5 Å². The van der Waals surface area contributed by atoms with Crippen molar-refractivity contribution in [2.75, 3.05) is 39.4 Å². The van der Waals surface area contributed by atoms with Crippen molar-refractivity contribution in [1.29, 1.82) is 0 Å². The van der Waals surface area contributed by atoms with Crippen molar-refractivity contribution in [3.05, 3.63) is 34.3 Å². The molecule has 1 aromatic rings. The second-order valence-electron chi connectivity index (χ2n) is 7.90. The van der Waals surface area contributed by atoms with Gasteiger partial charge in [0.2, 0.25) is 5.91 Å². The zero-order valence-corrected chi connectivity index (χ0v) is 17.9. The molecule has 5 nitrogen and oxygen atoms in total. The largest absolute Gasteiger partial charge is 0.489 e. The minimum absolute atomic E-state index is 0.0398. The Morgan fingerprint density at radius 3 is 2.50 bits per heavy atom. The number of ether oxygens (including phenoxy) is 2. The highest BCUT2D eigenvalue weighted by molar-refractivity contribution is 9.10.